The first-order valence-electron chi connectivity index (χ1n) is 8.89. The molecule has 0 saturated carbocycles. The van der Waals surface area contributed by atoms with Gasteiger partial charge in [0.15, 0.2) is 0 Å². The smallest absolute Gasteiger partial charge is 0.289 e. The molecule has 0 spiro atoms. The van der Waals surface area contributed by atoms with Gasteiger partial charge in [0.1, 0.15) is 17.2 Å². The number of aromatic nitrogens is 2. The van der Waals surface area contributed by atoms with Gasteiger partial charge in [-0.3, -0.25) is 9.89 Å². The zero-order chi connectivity index (χ0) is 19.9. The van der Waals surface area contributed by atoms with E-state index in [2.05, 4.69) is 20.7 Å². The highest BCUT2D eigenvalue weighted by Gasteiger charge is 2.13. The normalized spacial score (nSPS) is 11.2. The molecule has 7 nitrogen and oxygen atoms in total. The molecule has 1 aromatic heterocycles. The van der Waals surface area contributed by atoms with Crippen LogP contribution in [-0.4, -0.2) is 35.5 Å². The standard InChI is InChI=1S/C21H22N4O3/c1-4-28-16-11-9-15(10-12-16)14(2)22-25-21(26)19-13-18(23-24-19)17-7-5-6-8-20(17)27-3/h5-13H,4H2,1-3H3,(H,23,24)(H,25,26)/b22-14-. The van der Waals surface area contributed by atoms with Gasteiger partial charge in [-0.05, 0) is 61.9 Å². The molecule has 7 heteroatoms. The molecule has 0 aliphatic carbocycles. The molecule has 0 radical (unpaired) electrons. The van der Waals surface area contributed by atoms with Crippen LogP contribution in [0.15, 0.2) is 59.7 Å². The second-order valence-corrected chi connectivity index (χ2v) is 5.96. The minimum Gasteiger partial charge on any atom is -0.496 e. The maximum Gasteiger partial charge on any atom is 0.289 e. The van der Waals surface area contributed by atoms with Crippen molar-refractivity contribution < 1.29 is 14.3 Å². The number of hydrazone groups is 1. The SMILES string of the molecule is CCOc1ccc(/C(C)=N\NC(=O)c2cc(-c3ccccc3OC)n[nH]2)cc1. The molecule has 1 amide bonds. The molecule has 3 aromatic rings. The summed E-state index contributed by atoms with van der Waals surface area (Å²) in [4.78, 5) is 12.4. The van der Waals surface area contributed by atoms with E-state index in [0.29, 0.717) is 29.5 Å². The van der Waals surface area contributed by atoms with Gasteiger partial charge in [0, 0.05) is 5.56 Å². The molecule has 0 aliphatic heterocycles. The molecule has 0 aliphatic rings. The number of H-pyrrole nitrogens is 1. The van der Waals surface area contributed by atoms with Crippen LogP contribution in [0, 0.1) is 0 Å². The molecule has 1 heterocycles. The van der Waals surface area contributed by atoms with Crippen molar-refractivity contribution in [1.29, 1.82) is 0 Å². The van der Waals surface area contributed by atoms with Crippen LogP contribution in [0.5, 0.6) is 11.5 Å². The fraction of sp³-hybridized carbons (Fsp3) is 0.190. The van der Waals surface area contributed by atoms with Gasteiger partial charge in [-0.25, -0.2) is 5.43 Å². The van der Waals surface area contributed by atoms with Gasteiger partial charge < -0.3 is 9.47 Å². The van der Waals surface area contributed by atoms with E-state index in [1.807, 2.05) is 62.4 Å². The third kappa shape index (κ3) is 4.37. The number of ether oxygens (including phenoxy) is 2. The predicted octanol–water partition coefficient (Wildman–Crippen LogP) is 3.64. The number of nitrogens with one attached hydrogen (secondary N) is 2. The Balaban J connectivity index is 1.69. The van der Waals surface area contributed by atoms with E-state index in [4.69, 9.17) is 9.47 Å². The Hall–Kier alpha value is -3.61. The van der Waals surface area contributed by atoms with Gasteiger partial charge >= 0.3 is 0 Å². The topological polar surface area (TPSA) is 88.6 Å². The summed E-state index contributed by atoms with van der Waals surface area (Å²) >= 11 is 0. The van der Waals surface area contributed by atoms with Crippen LogP contribution in [0.4, 0.5) is 0 Å². The van der Waals surface area contributed by atoms with Crippen molar-refractivity contribution in [3.05, 3.63) is 65.9 Å². The highest BCUT2D eigenvalue weighted by atomic mass is 16.5. The molecule has 2 N–H and O–H groups in total. The summed E-state index contributed by atoms with van der Waals surface area (Å²) in [6.07, 6.45) is 0. The first-order chi connectivity index (χ1) is 13.6. The van der Waals surface area contributed by atoms with E-state index in [0.717, 1.165) is 16.9 Å². The molecule has 0 saturated heterocycles. The first kappa shape index (κ1) is 19.2. The second-order valence-electron chi connectivity index (χ2n) is 5.96. The Morgan fingerprint density at radius 2 is 1.93 bits per heavy atom. The maximum absolute atomic E-state index is 12.4. The summed E-state index contributed by atoms with van der Waals surface area (Å²) in [5, 5.41) is 11.1. The summed E-state index contributed by atoms with van der Waals surface area (Å²) in [6.45, 7) is 4.37. The van der Waals surface area contributed by atoms with Gasteiger partial charge in [-0.2, -0.15) is 10.2 Å². The lowest BCUT2D eigenvalue weighted by molar-refractivity contribution is 0.0950. The van der Waals surface area contributed by atoms with Crippen LogP contribution in [0.1, 0.15) is 29.9 Å². The number of rotatable bonds is 7. The maximum atomic E-state index is 12.4. The molecule has 0 bridgehead atoms. The highest BCUT2D eigenvalue weighted by molar-refractivity contribution is 6.00. The molecule has 144 valence electrons. The van der Waals surface area contributed by atoms with E-state index in [-0.39, 0.29) is 5.91 Å². The van der Waals surface area contributed by atoms with Crippen molar-refractivity contribution in [2.24, 2.45) is 5.10 Å². The third-order valence-electron chi connectivity index (χ3n) is 4.11. The van der Waals surface area contributed by atoms with E-state index in [9.17, 15) is 4.79 Å². The van der Waals surface area contributed by atoms with Gasteiger partial charge in [-0.15, -0.1) is 0 Å². The first-order valence-corrected chi connectivity index (χ1v) is 8.89. The minimum absolute atomic E-state index is 0.309. The zero-order valence-electron chi connectivity index (χ0n) is 16.0. The van der Waals surface area contributed by atoms with Crippen LogP contribution in [0.3, 0.4) is 0 Å². The number of hydrogen-bond donors (Lipinski definition) is 2. The third-order valence-corrected chi connectivity index (χ3v) is 4.11. The Kier molecular flexibility index (Phi) is 6.06. The number of carbonyl (C=O) groups excluding carboxylic acids is 1. The Morgan fingerprint density at radius 3 is 2.64 bits per heavy atom. The number of amides is 1. The average Bonchev–Trinajstić information content (AvgIpc) is 3.22. The fourth-order valence-corrected chi connectivity index (χ4v) is 2.65. The van der Waals surface area contributed by atoms with Gasteiger partial charge in [0.2, 0.25) is 0 Å². The Labute approximate surface area is 163 Å². The summed E-state index contributed by atoms with van der Waals surface area (Å²) < 4.78 is 10.8. The van der Waals surface area contributed by atoms with Crippen LogP contribution in [0.25, 0.3) is 11.3 Å². The predicted molar refractivity (Wildman–Crippen MR) is 108 cm³/mol. The number of carbonyl (C=O) groups is 1. The molecule has 0 atom stereocenters. The van der Waals surface area contributed by atoms with Crippen molar-refractivity contribution in [1.82, 2.24) is 15.6 Å². The molecule has 28 heavy (non-hydrogen) atoms. The zero-order valence-corrected chi connectivity index (χ0v) is 16.0. The summed E-state index contributed by atoms with van der Waals surface area (Å²) in [5.74, 6) is 1.11. The largest absolute Gasteiger partial charge is 0.496 e. The van der Waals surface area contributed by atoms with Crippen molar-refractivity contribution >= 4 is 11.6 Å². The minimum atomic E-state index is -0.376. The number of methoxy groups -OCH3 is 1. The average molecular weight is 378 g/mol. The van der Waals surface area contributed by atoms with Crippen LogP contribution in [-0.2, 0) is 0 Å². The fourth-order valence-electron chi connectivity index (χ4n) is 2.65. The van der Waals surface area contributed by atoms with Crippen LogP contribution >= 0.6 is 0 Å². The van der Waals surface area contributed by atoms with Crippen LogP contribution in [0.2, 0.25) is 0 Å². The quantitative estimate of drug-likeness (QED) is 0.485. The van der Waals surface area contributed by atoms with Crippen molar-refractivity contribution in [3.63, 3.8) is 0 Å². The van der Waals surface area contributed by atoms with Crippen molar-refractivity contribution in [2.45, 2.75) is 13.8 Å². The van der Waals surface area contributed by atoms with Crippen molar-refractivity contribution in [2.75, 3.05) is 13.7 Å². The molecule has 2 aromatic carbocycles. The second kappa shape index (κ2) is 8.85. The molecule has 0 fully saturated rings. The lowest BCUT2D eigenvalue weighted by Crippen LogP contribution is -2.19. The number of aromatic amines is 1. The number of benzene rings is 2. The molecule has 3 rings (SSSR count). The summed E-state index contributed by atoms with van der Waals surface area (Å²) in [5.41, 5.74) is 5.85. The molecule has 0 unspecified atom stereocenters. The Bertz CT molecular complexity index is 977. The Morgan fingerprint density at radius 1 is 1.18 bits per heavy atom. The summed E-state index contributed by atoms with van der Waals surface area (Å²) in [6, 6.07) is 16.7. The van der Waals surface area contributed by atoms with Crippen LogP contribution < -0.4 is 14.9 Å². The molecular formula is C21H22N4O3. The number of hydrogen-bond acceptors (Lipinski definition) is 5. The monoisotopic (exact) mass is 378 g/mol. The lowest BCUT2D eigenvalue weighted by atomic mass is 10.1. The highest BCUT2D eigenvalue weighted by Crippen LogP contribution is 2.28. The van der Waals surface area contributed by atoms with E-state index in [1.165, 1.54) is 0 Å². The van der Waals surface area contributed by atoms with Gasteiger partial charge in [-0.1, -0.05) is 12.1 Å². The van der Waals surface area contributed by atoms with Gasteiger partial charge in [0.25, 0.3) is 5.91 Å². The number of para-hydroxylation sites is 1. The van der Waals surface area contributed by atoms with E-state index < -0.39 is 0 Å². The van der Waals surface area contributed by atoms with Crippen molar-refractivity contribution in [3.8, 4) is 22.8 Å². The van der Waals surface area contributed by atoms with E-state index >= 15 is 0 Å². The summed E-state index contributed by atoms with van der Waals surface area (Å²) in [7, 11) is 1.59. The van der Waals surface area contributed by atoms with Gasteiger partial charge in [0.05, 0.1) is 25.1 Å². The molecular weight excluding hydrogens is 356 g/mol. The van der Waals surface area contributed by atoms with E-state index in [1.54, 1.807) is 13.2 Å². The number of nitrogens with zero attached hydrogens (tertiary/aromatic N) is 2. The lowest BCUT2D eigenvalue weighted by Gasteiger charge is -2.05.